The molecule has 0 saturated carbocycles. The molecule has 0 spiro atoms. The molecule has 23 heavy (non-hydrogen) atoms. The molecule has 2 saturated heterocycles. The summed E-state index contributed by atoms with van der Waals surface area (Å²) in [4.78, 5) is 28.4. The number of amides is 2. The number of nitrogens with zero attached hydrogens (tertiary/aromatic N) is 2. The van der Waals surface area contributed by atoms with E-state index in [1.54, 1.807) is 4.90 Å². The number of hydrogen-bond donors (Lipinski definition) is 0. The van der Waals surface area contributed by atoms with E-state index in [0.717, 1.165) is 0 Å². The van der Waals surface area contributed by atoms with E-state index < -0.39 is 5.60 Å². The van der Waals surface area contributed by atoms with Crippen LogP contribution in [-0.4, -0.2) is 66.3 Å². The summed E-state index contributed by atoms with van der Waals surface area (Å²) in [6, 6.07) is 0. The van der Waals surface area contributed by atoms with Crippen LogP contribution in [0.2, 0.25) is 0 Å². The number of morpholine rings is 1. The molecule has 2 aliphatic rings. The van der Waals surface area contributed by atoms with Gasteiger partial charge in [0.05, 0.1) is 18.6 Å². The fraction of sp³-hybridized carbons (Fsp3) is 0.882. The third-order valence-corrected chi connectivity index (χ3v) is 4.34. The van der Waals surface area contributed by atoms with Crippen LogP contribution in [0, 0.1) is 11.8 Å². The third kappa shape index (κ3) is 4.83. The van der Waals surface area contributed by atoms with Crippen molar-refractivity contribution in [3.63, 3.8) is 0 Å². The van der Waals surface area contributed by atoms with E-state index in [2.05, 4.69) is 13.8 Å². The molecule has 132 valence electrons. The molecule has 2 amide bonds. The minimum absolute atomic E-state index is 0.107. The lowest BCUT2D eigenvalue weighted by atomic mass is 10.0. The number of rotatable bonds is 2. The normalized spacial score (nSPS) is 25.8. The first-order chi connectivity index (χ1) is 10.7. The molecule has 0 aromatic rings. The summed E-state index contributed by atoms with van der Waals surface area (Å²) >= 11 is 0. The van der Waals surface area contributed by atoms with E-state index in [-0.39, 0.29) is 24.0 Å². The number of carbonyl (C=O) groups is 2. The smallest absolute Gasteiger partial charge is 0.410 e. The Labute approximate surface area is 139 Å². The maximum absolute atomic E-state index is 12.7. The van der Waals surface area contributed by atoms with E-state index in [1.807, 2.05) is 25.7 Å². The van der Waals surface area contributed by atoms with Gasteiger partial charge in [-0.1, -0.05) is 13.8 Å². The van der Waals surface area contributed by atoms with Gasteiger partial charge < -0.3 is 19.3 Å². The molecule has 6 nitrogen and oxygen atoms in total. The highest BCUT2D eigenvalue weighted by Gasteiger charge is 2.37. The Hall–Kier alpha value is -1.30. The van der Waals surface area contributed by atoms with Crippen molar-refractivity contribution < 1.29 is 19.1 Å². The molecule has 0 radical (unpaired) electrons. The molecule has 0 aromatic heterocycles. The predicted molar refractivity (Wildman–Crippen MR) is 87.1 cm³/mol. The maximum atomic E-state index is 12.7. The number of ether oxygens (including phenoxy) is 2. The highest BCUT2D eigenvalue weighted by molar-refractivity contribution is 5.81. The topological polar surface area (TPSA) is 59.1 Å². The van der Waals surface area contributed by atoms with Crippen LogP contribution < -0.4 is 0 Å². The van der Waals surface area contributed by atoms with Crippen molar-refractivity contribution in [2.24, 2.45) is 11.8 Å². The lowest BCUT2D eigenvalue weighted by Gasteiger charge is -2.36. The van der Waals surface area contributed by atoms with Crippen molar-refractivity contribution in [3.8, 4) is 0 Å². The van der Waals surface area contributed by atoms with Crippen molar-refractivity contribution >= 4 is 12.0 Å². The van der Waals surface area contributed by atoms with Gasteiger partial charge in [-0.15, -0.1) is 0 Å². The molecule has 0 aliphatic carbocycles. The van der Waals surface area contributed by atoms with Crippen molar-refractivity contribution in [2.75, 3.05) is 32.8 Å². The first kappa shape index (κ1) is 18.0. The Balaban J connectivity index is 1.88. The Morgan fingerprint density at radius 3 is 2.43 bits per heavy atom. The van der Waals surface area contributed by atoms with Crippen molar-refractivity contribution in [1.82, 2.24) is 9.80 Å². The van der Waals surface area contributed by atoms with Crippen molar-refractivity contribution in [2.45, 2.75) is 52.7 Å². The highest BCUT2D eigenvalue weighted by atomic mass is 16.6. The number of carbonyl (C=O) groups excluding carboxylic acids is 2. The predicted octanol–water partition coefficient (Wildman–Crippen LogP) is 2.13. The second-order valence-corrected chi connectivity index (χ2v) is 7.85. The first-order valence-electron chi connectivity index (χ1n) is 8.55. The molecular weight excluding hydrogens is 296 g/mol. The van der Waals surface area contributed by atoms with E-state index >= 15 is 0 Å². The first-order valence-corrected chi connectivity index (χ1v) is 8.55. The average molecular weight is 326 g/mol. The molecule has 2 heterocycles. The maximum Gasteiger partial charge on any atom is 0.410 e. The summed E-state index contributed by atoms with van der Waals surface area (Å²) in [5, 5.41) is 0. The number of hydrogen-bond acceptors (Lipinski definition) is 4. The van der Waals surface area contributed by atoms with Crippen LogP contribution in [0.25, 0.3) is 0 Å². The largest absolute Gasteiger partial charge is 0.444 e. The molecule has 2 atom stereocenters. The van der Waals surface area contributed by atoms with Crippen LogP contribution in [-0.2, 0) is 14.3 Å². The Morgan fingerprint density at radius 2 is 1.83 bits per heavy atom. The lowest BCUT2D eigenvalue weighted by Crippen LogP contribution is -2.49. The molecule has 0 aromatic carbocycles. The SMILES string of the molecule is CC(C)[C@@H]1CN(C(=O)[C@@H]2CCN(C(=O)OC(C)(C)C)C2)CCO1. The molecule has 2 fully saturated rings. The van der Waals surface area contributed by atoms with E-state index in [1.165, 1.54) is 0 Å². The van der Waals surface area contributed by atoms with E-state index in [4.69, 9.17) is 9.47 Å². The van der Waals surface area contributed by atoms with Gasteiger partial charge in [-0.3, -0.25) is 4.79 Å². The zero-order chi connectivity index (χ0) is 17.2. The molecule has 2 rings (SSSR count). The summed E-state index contributed by atoms with van der Waals surface area (Å²) in [6.45, 7) is 12.7. The zero-order valence-electron chi connectivity index (χ0n) is 15.0. The van der Waals surface area contributed by atoms with Crippen molar-refractivity contribution in [3.05, 3.63) is 0 Å². The van der Waals surface area contributed by atoms with Crippen LogP contribution in [0.1, 0.15) is 41.0 Å². The summed E-state index contributed by atoms with van der Waals surface area (Å²) in [5.41, 5.74) is -0.506. The lowest BCUT2D eigenvalue weighted by molar-refractivity contribution is -0.144. The minimum Gasteiger partial charge on any atom is -0.444 e. The van der Waals surface area contributed by atoms with Crippen LogP contribution in [0.4, 0.5) is 4.79 Å². The number of likely N-dealkylation sites (tertiary alicyclic amines) is 1. The summed E-state index contributed by atoms with van der Waals surface area (Å²) in [5.74, 6) is 0.422. The molecule has 0 bridgehead atoms. The third-order valence-electron chi connectivity index (χ3n) is 4.34. The Bertz CT molecular complexity index is 444. The summed E-state index contributed by atoms with van der Waals surface area (Å²) < 4.78 is 11.1. The van der Waals surface area contributed by atoms with Crippen LogP contribution in [0.5, 0.6) is 0 Å². The van der Waals surface area contributed by atoms with Gasteiger partial charge in [-0.05, 0) is 33.1 Å². The van der Waals surface area contributed by atoms with Crippen LogP contribution >= 0.6 is 0 Å². The Kier molecular flexibility index (Phi) is 5.55. The highest BCUT2D eigenvalue weighted by Crippen LogP contribution is 2.23. The molecule has 6 heteroatoms. The van der Waals surface area contributed by atoms with Gasteiger partial charge >= 0.3 is 6.09 Å². The molecule has 0 unspecified atom stereocenters. The van der Waals surface area contributed by atoms with Crippen LogP contribution in [0.15, 0.2) is 0 Å². The molecule has 2 aliphatic heterocycles. The second kappa shape index (κ2) is 7.07. The van der Waals surface area contributed by atoms with Gasteiger partial charge in [0.15, 0.2) is 0 Å². The van der Waals surface area contributed by atoms with Gasteiger partial charge in [0, 0.05) is 26.2 Å². The van der Waals surface area contributed by atoms with Gasteiger partial charge in [0.1, 0.15) is 5.60 Å². The van der Waals surface area contributed by atoms with Gasteiger partial charge in [0.2, 0.25) is 5.91 Å². The fourth-order valence-corrected chi connectivity index (χ4v) is 2.99. The van der Waals surface area contributed by atoms with Crippen LogP contribution in [0.3, 0.4) is 0 Å². The van der Waals surface area contributed by atoms with Gasteiger partial charge in [-0.2, -0.15) is 0 Å². The average Bonchev–Trinajstić information content (AvgIpc) is 2.94. The van der Waals surface area contributed by atoms with Gasteiger partial charge in [0.25, 0.3) is 0 Å². The minimum atomic E-state index is -0.506. The van der Waals surface area contributed by atoms with Crippen molar-refractivity contribution in [1.29, 1.82) is 0 Å². The van der Waals surface area contributed by atoms with E-state index in [0.29, 0.717) is 45.1 Å². The standard InChI is InChI=1S/C17H30N2O4/c1-12(2)14-11-18(8-9-22-14)15(20)13-6-7-19(10-13)16(21)23-17(3,4)5/h12-14H,6-11H2,1-5H3/t13-,14+/m1/s1. The second-order valence-electron chi connectivity index (χ2n) is 7.85. The summed E-state index contributed by atoms with van der Waals surface area (Å²) in [7, 11) is 0. The Morgan fingerprint density at radius 1 is 1.13 bits per heavy atom. The molecule has 0 N–H and O–H groups in total. The van der Waals surface area contributed by atoms with Gasteiger partial charge in [-0.25, -0.2) is 4.79 Å². The molecular formula is C17H30N2O4. The summed E-state index contributed by atoms with van der Waals surface area (Å²) in [6.07, 6.45) is 0.493. The van der Waals surface area contributed by atoms with E-state index in [9.17, 15) is 9.59 Å². The zero-order valence-corrected chi connectivity index (χ0v) is 15.0. The fourth-order valence-electron chi connectivity index (χ4n) is 2.99. The quantitative estimate of drug-likeness (QED) is 0.780. The monoisotopic (exact) mass is 326 g/mol.